The molecule has 0 bridgehead atoms. The van der Waals surface area contributed by atoms with Gasteiger partial charge in [-0.15, -0.1) is 10.9 Å². The Labute approximate surface area is 348 Å². The smallest absolute Gasteiger partial charge is 0.568 e. The molecule has 1 spiro atoms. The summed E-state index contributed by atoms with van der Waals surface area (Å²) in [6, 6.07) is 71.2. The molecule has 0 atom stereocenters. The zero-order valence-electron chi connectivity index (χ0n) is 32.4. The lowest BCUT2D eigenvalue weighted by atomic mass is 9.44. The largest absolute Gasteiger partial charge is 0.657 e. The molecule has 5 nitrogen and oxygen atoms in total. The molecule has 10 aromatic rings. The Morgan fingerprint density at radius 3 is 1.17 bits per heavy atom. The monoisotopic (exact) mass is 771 g/mol. The van der Waals surface area contributed by atoms with Gasteiger partial charge in [0.1, 0.15) is 11.5 Å². The summed E-state index contributed by atoms with van der Waals surface area (Å²) >= 11 is 0. The third-order valence-electron chi connectivity index (χ3n) is 12.1. The first-order valence-corrected chi connectivity index (χ1v) is 20.4. The minimum Gasteiger partial charge on any atom is -0.568 e. The van der Waals surface area contributed by atoms with Crippen molar-refractivity contribution in [3.63, 3.8) is 0 Å². The molecule has 2 aliphatic heterocycles. The van der Waals surface area contributed by atoms with Crippen molar-refractivity contribution in [1.82, 2.24) is 0 Å². The van der Waals surface area contributed by atoms with E-state index in [-0.39, 0.29) is 0 Å². The van der Waals surface area contributed by atoms with Crippen molar-refractivity contribution >= 4 is 75.2 Å². The quantitative estimate of drug-likeness (QED) is 0.124. The second kappa shape index (κ2) is 14.0. The lowest BCUT2D eigenvalue weighted by Gasteiger charge is -2.48. The number of hydrogen-bond donors (Lipinski definition) is 0. The van der Waals surface area contributed by atoms with Crippen LogP contribution in [0.1, 0.15) is 0 Å². The third-order valence-corrected chi connectivity index (χ3v) is 12.1. The SMILES string of the molecule is c1ccc(OB2OB(Oc3ccccc3)O[B-]3(O2)c2c(c(-c4ccccc4)cc4ccc5ccccc5c24)-c2c(-c4ccccc4)cc4ccc5ccccc5c4c23)cc1. The molecule has 2 heterocycles. The van der Waals surface area contributed by atoms with E-state index in [1.807, 2.05) is 60.7 Å². The molecule has 10 aromatic carbocycles. The van der Waals surface area contributed by atoms with E-state index in [1.54, 1.807) is 0 Å². The van der Waals surface area contributed by atoms with Gasteiger partial charge in [0, 0.05) is 0 Å². The number of rotatable bonds is 6. The molecular formula is C52H34B3O5-. The van der Waals surface area contributed by atoms with Crippen molar-refractivity contribution < 1.29 is 23.0 Å². The lowest BCUT2D eigenvalue weighted by Crippen LogP contribution is -2.71. The highest BCUT2D eigenvalue weighted by molar-refractivity contribution is 7.05. The van der Waals surface area contributed by atoms with Crippen LogP contribution in [0.5, 0.6) is 11.5 Å². The van der Waals surface area contributed by atoms with Crippen LogP contribution < -0.4 is 20.2 Å². The summed E-state index contributed by atoms with van der Waals surface area (Å²) < 4.78 is 35.1. The molecule has 12 rings (SSSR count). The van der Waals surface area contributed by atoms with Crippen LogP contribution in [0.2, 0.25) is 0 Å². The fraction of sp³-hybridized carbons (Fsp3) is 0. The summed E-state index contributed by atoms with van der Waals surface area (Å²) in [6.45, 7) is -2.73. The van der Waals surface area contributed by atoms with Crippen molar-refractivity contribution in [3.8, 4) is 44.9 Å². The van der Waals surface area contributed by atoms with E-state index in [2.05, 4.69) is 146 Å². The van der Waals surface area contributed by atoms with Gasteiger partial charge in [-0.2, -0.15) is 0 Å². The molecular weight excluding hydrogens is 737 g/mol. The zero-order valence-corrected chi connectivity index (χ0v) is 32.4. The highest BCUT2D eigenvalue weighted by atomic mass is 16.8. The van der Waals surface area contributed by atoms with Gasteiger partial charge in [-0.3, -0.25) is 0 Å². The summed E-state index contributed by atoms with van der Waals surface area (Å²) in [4.78, 5) is 0. The molecule has 0 amide bonds. The molecule has 0 saturated carbocycles. The van der Waals surface area contributed by atoms with Crippen LogP contribution >= 0.6 is 0 Å². The fourth-order valence-electron chi connectivity index (χ4n) is 9.65. The van der Waals surface area contributed by atoms with Crippen molar-refractivity contribution in [2.75, 3.05) is 0 Å². The van der Waals surface area contributed by atoms with Gasteiger partial charge in [-0.1, -0.05) is 170 Å². The number of hydrogen-bond acceptors (Lipinski definition) is 5. The van der Waals surface area contributed by atoms with Gasteiger partial charge >= 0.3 is 14.6 Å². The van der Waals surface area contributed by atoms with Crippen molar-refractivity contribution in [3.05, 3.63) is 206 Å². The Morgan fingerprint density at radius 1 is 0.367 bits per heavy atom. The van der Waals surface area contributed by atoms with Crippen LogP contribution in [-0.4, -0.2) is 21.2 Å². The second-order valence-electron chi connectivity index (χ2n) is 15.5. The molecule has 0 N–H and O–H groups in total. The molecule has 1 fully saturated rings. The topological polar surface area (TPSA) is 46.2 Å². The molecule has 0 aliphatic carbocycles. The van der Waals surface area contributed by atoms with Crippen molar-refractivity contribution in [1.29, 1.82) is 0 Å². The van der Waals surface area contributed by atoms with Crippen LogP contribution in [0.15, 0.2) is 206 Å². The van der Waals surface area contributed by atoms with E-state index >= 15 is 0 Å². The Bertz CT molecular complexity index is 3040. The maximum atomic E-state index is 7.57. The maximum Gasteiger partial charge on any atom is 0.657 e. The Kier molecular flexibility index (Phi) is 8.17. The second-order valence-corrected chi connectivity index (χ2v) is 15.5. The molecule has 60 heavy (non-hydrogen) atoms. The summed E-state index contributed by atoms with van der Waals surface area (Å²) in [6.07, 6.45) is 0. The van der Waals surface area contributed by atoms with Gasteiger partial charge in [0.05, 0.1) is 0 Å². The molecule has 0 aromatic heterocycles. The van der Waals surface area contributed by atoms with Gasteiger partial charge in [0.15, 0.2) is 0 Å². The highest BCUT2D eigenvalue weighted by Crippen LogP contribution is 2.49. The van der Waals surface area contributed by atoms with Gasteiger partial charge in [0.25, 0.3) is 6.55 Å². The molecule has 8 heteroatoms. The van der Waals surface area contributed by atoms with Gasteiger partial charge in [-0.25, -0.2) is 0 Å². The van der Waals surface area contributed by atoms with Gasteiger partial charge in [0.2, 0.25) is 0 Å². The molecule has 0 radical (unpaired) electrons. The molecule has 282 valence electrons. The minimum absolute atomic E-state index is 0.592. The first-order valence-electron chi connectivity index (χ1n) is 20.4. The molecule has 2 aliphatic rings. The average Bonchev–Trinajstić information content (AvgIpc) is 3.58. The fourth-order valence-corrected chi connectivity index (χ4v) is 9.65. The van der Waals surface area contributed by atoms with Crippen LogP contribution in [0, 0.1) is 0 Å². The van der Waals surface area contributed by atoms with Gasteiger partial charge in [-0.05, 0) is 113 Å². The zero-order chi connectivity index (χ0) is 39.6. The van der Waals surface area contributed by atoms with Crippen LogP contribution in [0.3, 0.4) is 0 Å². The number of para-hydroxylation sites is 2. The van der Waals surface area contributed by atoms with E-state index in [0.717, 1.165) is 87.4 Å². The first-order chi connectivity index (χ1) is 29.7. The van der Waals surface area contributed by atoms with E-state index < -0.39 is 21.2 Å². The Morgan fingerprint density at radius 2 is 0.733 bits per heavy atom. The normalized spacial score (nSPS) is 14.2. The molecule has 1 saturated heterocycles. The maximum absolute atomic E-state index is 7.57. The van der Waals surface area contributed by atoms with E-state index in [1.165, 1.54) is 0 Å². The lowest BCUT2D eigenvalue weighted by molar-refractivity contribution is 0.176. The van der Waals surface area contributed by atoms with Gasteiger partial charge < -0.3 is 23.0 Å². The summed E-state index contributed by atoms with van der Waals surface area (Å²) in [7, 11) is -2.46. The van der Waals surface area contributed by atoms with E-state index in [0.29, 0.717) is 11.5 Å². The minimum atomic E-state index is -2.73. The Balaban J connectivity index is 1.29. The number of fused-ring (bicyclic) bond motifs is 13. The average molecular weight is 771 g/mol. The van der Waals surface area contributed by atoms with E-state index in [4.69, 9.17) is 23.0 Å². The summed E-state index contributed by atoms with van der Waals surface area (Å²) in [5.41, 5.74) is 8.28. The highest BCUT2D eigenvalue weighted by Gasteiger charge is 2.55. The van der Waals surface area contributed by atoms with Crippen LogP contribution in [-0.2, 0) is 13.7 Å². The first kappa shape index (κ1) is 34.9. The predicted molar refractivity (Wildman–Crippen MR) is 247 cm³/mol. The van der Waals surface area contributed by atoms with E-state index in [9.17, 15) is 0 Å². The van der Waals surface area contributed by atoms with Crippen LogP contribution in [0.4, 0.5) is 0 Å². The van der Waals surface area contributed by atoms with Crippen molar-refractivity contribution in [2.45, 2.75) is 0 Å². The van der Waals surface area contributed by atoms with Crippen molar-refractivity contribution in [2.24, 2.45) is 0 Å². The molecule has 0 unspecified atom stereocenters. The standard InChI is InChI=1S/C52H34B3O5/c1-5-17-35(18-6-1)45-33-39-31-29-37-21-13-15-27-43(37)47(39)51-49(45)50-46(36-19-7-2-8-20-36)34-40-32-30-38-22-14-16-28-44(38)48(40)52(50)55(51)59-53(56-41-23-9-3-10-24-41)58-54(60-55)57-42-25-11-4-12-26-42/h1-34H/q-1. The van der Waals surface area contributed by atoms with Crippen LogP contribution in [0.25, 0.3) is 76.5 Å². The summed E-state index contributed by atoms with van der Waals surface area (Å²) in [5, 5.41) is 8.63. The third kappa shape index (κ3) is 5.57. The Hall–Kier alpha value is -7.09. The number of benzene rings is 10. The predicted octanol–water partition coefficient (Wildman–Crippen LogP) is 11.4. The summed E-state index contributed by atoms with van der Waals surface area (Å²) in [5.74, 6) is 1.18.